The molecule has 0 saturated carbocycles. The maximum absolute atomic E-state index is 9.25. The predicted octanol–water partition coefficient (Wildman–Crippen LogP) is 9.08. The van der Waals surface area contributed by atoms with Gasteiger partial charge in [0.05, 0.1) is 0 Å². The van der Waals surface area contributed by atoms with Gasteiger partial charge in [0.25, 0.3) is 0 Å². The molecule has 194 valence electrons. The zero-order chi connectivity index (χ0) is 26.7. The Morgan fingerprint density at radius 1 is 0.385 bits per heavy atom. The molecule has 4 nitrogen and oxygen atoms in total. The molecule has 0 aromatic heterocycles. The van der Waals surface area contributed by atoms with Crippen molar-refractivity contribution in [1.29, 1.82) is 0 Å². The number of nitrogens with one attached hydrogen (secondary N) is 2. The third-order valence-corrected chi connectivity index (χ3v) is 4.93. The molecule has 6 rings (SSSR count). The summed E-state index contributed by atoms with van der Waals surface area (Å²) in [6.07, 6.45) is 0. The Bertz CT molecular complexity index is 1230. The van der Waals surface area contributed by atoms with E-state index in [1.165, 1.54) is 0 Å². The number of hydrogen-bond donors (Lipinski definition) is 4. The molecule has 39 heavy (non-hydrogen) atoms. The summed E-state index contributed by atoms with van der Waals surface area (Å²) in [5.41, 5.74) is 3.80. The van der Waals surface area contributed by atoms with Gasteiger partial charge in [0.2, 0.25) is 0 Å². The first kappa shape index (κ1) is 30.9. The minimum atomic E-state index is 0. The quantitative estimate of drug-likeness (QED) is 0.154. The van der Waals surface area contributed by atoms with Gasteiger partial charge < -0.3 is 20.8 Å². The molecule has 0 spiro atoms. The predicted molar refractivity (Wildman–Crippen MR) is 160 cm³/mol. The second kappa shape index (κ2) is 18.8. The molecular weight excluding hydrogens is 560 g/mol. The molecule has 4 N–H and O–H groups in total. The summed E-state index contributed by atoms with van der Waals surface area (Å²) in [6, 6.07) is 53.8. The number of para-hydroxylation sites is 2. The van der Waals surface area contributed by atoms with Crippen LogP contribution in [0.4, 0.5) is 22.7 Å². The van der Waals surface area contributed by atoms with Gasteiger partial charge in [-0.15, -0.1) is 0 Å². The van der Waals surface area contributed by atoms with E-state index in [4.69, 9.17) is 0 Å². The summed E-state index contributed by atoms with van der Waals surface area (Å²) in [5, 5.41) is 24.9. The monoisotopic (exact) mass is 590 g/mol. The van der Waals surface area contributed by atoms with Gasteiger partial charge in [-0.2, -0.15) is 36.4 Å². The van der Waals surface area contributed by atoms with Crippen molar-refractivity contribution in [3.63, 3.8) is 0 Å². The molecule has 0 amide bonds. The average Bonchev–Trinajstić information content (AvgIpc) is 3.71. The van der Waals surface area contributed by atoms with Crippen LogP contribution in [0.25, 0.3) is 0 Å². The van der Waals surface area contributed by atoms with Crippen molar-refractivity contribution in [2.24, 2.45) is 0 Å². The maximum atomic E-state index is 9.25. The van der Waals surface area contributed by atoms with Crippen molar-refractivity contribution >= 4 is 22.7 Å². The van der Waals surface area contributed by atoms with E-state index >= 15 is 0 Å². The van der Waals surface area contributed by atoms with Crippen molar-refractivity contribution in [3.8, 4) is 11.5 Å². The summed E-state index contributed by atoms with van der Waals surface area (Å²) in [7, 11) is 0. The van der Waals surface area contributed by atoms with E-state index in [0.717, 1.165) is 22.7 Å². The van der Waals surface area contributed by atoms with Gasteiger partial charge >= 0.3 is 26.2 Å². The molecule has 0 radical (unpaired) electrons. The fraction of sp³-hybridized carbons (Fsp3) is 0. The van der Waals surface area contributed by atoms with Gasteiger partial charge in [-0.25, -0.2) is 24.3 Å². The van der Waals surface area contributed by atoms with Crippen LogP contribution in [-0.4, -0.2) is 10.2 Å². The number of rotatable bonds is 4. The molecular formula is C34H32N2O2Zr. The van der Waals surface area contributed by atoms with Gasteiger partial charge in [-0.3, -0.25) is 0 Å². The standard InChI is InChI=1S/2C12H11NO.2C5H5.Zr/c2*14-12-8-4-7-11(9-12)13-10-5-2-1-3-6-10;2*1-2-4-5-3-1;/h2*1-9,13-14H;2*1-5H;/q;;2*-1;+2. The van der Waals surface area contributed by atoms with Crippen LogP contribution in [0.15, 0.2) is 170 Å². The number of benzene rings is 4. The van der Waals surface area contributed by atoms with Crippen LogP contribution < -0.4 is 10.6 Å². The van der Waals surface area contributed by atoms with Crippen LogP contribution in [-0.2, 0) is 26.2 Å². The zero-order valence-electron chi connectivity index (χ0n) is 21.6. The normalized spacial score (nSPS) is 9.03. The fourth-order valence-electron chi connectivity index (χ4n) is 3.19. The van der Waals surface area contributed by atoms with E-state index in [9.17, 15) is 10.2 Å². The van der Waals surface area contributed by atoms with E-state index in [-0.39, 0.29) is 37.7 Å². The second-order valence-electron chi connectivity index (χ2n) is 8.01. The van der Waals surface area contributed by atoms with E-state index in [2.05, 4.69) is 10.6 Å². The van der Waals surface area contributed by atoms with Gasteiger partial charge in [0.15, 0.2) is 0 Å². The van der Waals surface area contributed by atoms with E-state index in [1.807, 2.05) is 133 Å². The molecule has 0 unspecified atom stereocenters. The van der Waals surface area contributed by atoms with Gasteiger partial charge in [0.1, 0.15) is 11.5 Å². The summed E-state index contributed by atoms with van der Waals surface area (Å²) < 4.78 is 0. The topological polar surface area (TPSA) is 64.5 Å². The first-order valence-electron chi connectivity index (χ1n) is 12.2. The molecule has 0 bridgehead atoms. The number of phenolic OH excluding ortho intramolecular Hbond substituents is 2. The third kappa shape index (κ3) is 13.7. The maximum Gasteiger partial charge on any atom is 2.00 e. The average molecular weight is 592 g/mol. The van der Waals surface area contributed by atoms with E-state index in [1.54, 1.807) is 36.4 Å². The minimum Gasteiger partial charge on any atom is -0.508 e. The molecule has 0 aliphatic carbocycles. The van der Waals surface area contributed by atoms with Crippen LogP contribution in [0.3, 0.4) is 0 Å². The van der Waals surface area contributed by atoms with Gasteiger partial charge in [-0.05, 0) is 48.5 Å². The molecule has 6 aromatic carbocycles. The van der Waals surface area contributed by atoms with Crippen molar-refractivity contribution in [1.82, 2.24) is 0 Å². The SMILES string of the molecule is Oc1cccc(Nc2ccccc2)c1.Oc1cccc(Nc2ccccc2)c1.[Zr+2].c1cc[cH-]c1.c1cc[cH-]c1. The number of phenols is 2. The Labute approximate surface area is 250 Å². The Hall–Kier alpha value is -4.34. The van der Waals surface area contributed by atoms with Crippen LogP contribution >= 0.6 is 0 Å². The molecule has 6 aromatic rings. The van der Waals surface area contributed by atoms with Gasteiger partial charge in [0, 0.05) is 34.9 Å². The summed E-state index contributed by atoms with van der Waals surface area (Å²) >= 11 is 0. The first-order valence-corrected chi connectivity index (χ1v) is 12.2. The molecule has 5 heteroatoms. The molecule has 0 saturated heterocycles. The molecule has 0 aliphatic heterocycles. The van der Waals surface area contributed by atoms with E-state index < -0.39 is 0 Å². The molecule has 0 atom stereocenters. The molecule has 0 aliphatic rings. The van der Waals surface area contributed by atoms with Crippen LogP contribution in [0.5, 0.6) is 11.5 Å². The Kier molecular flexibility index (Phi) is 14.9. The summed E-state index contributed by atoms with van der Waals surface area (Å²) in [6.45, 7) is 0. The number of aromatic hydroxyl groups is 2. The van der Waals surface area contributed by atoms with E-state index in [0.29, 0.717) is 0 Å². The minimum absolute atomic E-state index is 0. The number of anilines is 4. The van der Waals surface area contributed by atoms with Crippen molar-refractivity contribution in [3.05, 3.63) is 170 Å². The summed E-state index contributed by atoms with van der Waals surface area (Å²) in [4.78, 5) is 0. The van der Waals surface area contributed by atoms with Crippen molar-refractivity contribution in [2.75, 3.05) is 10.6 Å². The molecule has 0 heterocycles. The first-order chi connectivity index (χ1) is 18.7. The van der Waals surface area contributed by atoms with Crippen molar-refractivity contribution < 1.29 is 36.4 Å². The van der Waals surface area contributed by atoms with Crippen LogP contribution in [0.1, 0.15) is 0 Å². The van der Waals surface area contributed by atoms with Crippen LogP contribution in [0.2, 0.25) is 0 Å². The zero-order valence-corrected chi connectivity index (χ0v) is 24.0. The second-order valence-corrected chi connectivity index (χ2v) is 8.01. The smallest absolute Gasteiger partial charge is 0.508 e. The number of hydrogen-bond acceptors (Lipinski definition) is 4. The fourth-order valence-corrected chi connectivity index (χ4v) is 3.19. The Morgan fingerprint density at radius 2 is 0.718 bits per heavy atom. The summed E-state index contributed by atoms with van der Waals surface area (Å²) in [5.74, 6) is 0.539. The largest absolute Gasteiger partial charge is 2.00 e. The third-order valence-electron chi connectivity index (χ3n) is 4.93. The molecule has 0 fully saturated rings. The Balaban J connectivity index is 0.000000199. The Morgan fingerprint density at radius 3 is 1.00 bits per heavy atom. The van der Waals surface area contributed by atoms with Gasteiger partial charge in [-0.1, -0.05) is 48.5 Å². The van der Waals surface area contributed by atoms with Crippen LogP contribution in [0, 0.1) is 0 Å². The van der Waals surface area contributed by atoms with Crippen molar-refractivity contribution in [2.45, 2.75) is 0 Å².